The van der Waals surface area contributed by atoms with Gasteiger partial charge in [0.05, 0.1) is 19.3 Å². The highest BCUT2D eigenvalue weighted by Gasteiger charge is 2.19. The number of nitrogens with zero attached hydrogens (tertiary/aromatic N) is 1. The van der Waals surface area contributed by atoms with E-state index >= 15 is 0 Å². The summed E-state index contributed by atoms with van der Waals surface area (Å²) in [6.45, 7) is 1.60. The standard InChI is InChI=1S/C16H18BrNO3S/c1-20-7-6-18(10-12-5-8-22-11-12)16(19)14-9-13(21-2)3-4-15(14)17/h3-5,8-9,11H,6-7,10H2,1-2H3. The fourth-order valence-corrected chi connectivity index (χ4v) is 3.10. The summed E-state index contributed by atoms with van der Waals surface area (Å²) in [6.07, 6.45) is 0. The van der Waals surface area contributed by atoms with Gasteiger partial charge in [0.15, 0.2) is 0 Å². The van der Waals surface area contributed by atoms with E-state index in [9.17, 15) is 4.79 Å². The molecule has 6 heteroatoms. The molecule has 0 unspecified atom stereocenters. The van der Waals surface area contributed by atoms with Crippen LogP contribution in [0.4, 0.5) is 0 Å². The van der Waals surface area contributed by atoms with Gasteiger partial charge in [0, 0.05) is 24.7 Å². The van der Waals surface area contributed by atoms with Crippen LogP contribution in [0, 0.1) is 0 Å². The van der Waals surface area contributed by atoms with Crippen LogP contribution in [0.5, 0.6) is 5.75 Å². The zero-order valence-corrected chi connectivity index (χ0v) is 14.9. The Hall–Kier alpha value is -1.37. The maximum atomic E-state index is 12.9. The molecule has 22 heavy (non-hydrogen) atoms. The molecule has 0 fully saturated rings. The number of carbonyl (C=O) groups is 1. The molecule has 2 aromatic rings. The normalized spacial score (nSPS) is 10.5. The molecule has 0 aliphatic rings. The lowest BCUT2D eigenvalue weighted by Gasteiger charge is -2.23. The number of benzene rings is 1. The molecule has 1 heterocycles. The first-order chi connectivity index (χ1) is 10.7. The molecule has 0 atom stereocenters. The Bertz CT molecular complexity index is 616. The first-order valence-corrected chi connectivity index (χ1v) is 8.52. The SMILES string of the molecule is COCCN(Cc1ccsc1)C(=O)c1cc(OC)ccc1Br. The van der Waals surface area contributed by atoms with E-state index in [-0.39, 0.29) is 5.91 Å². The minimum absolute atomic E-state index is 0.0472. The van der Waals surface area contributed by atoms with E-state index in [1.807, 2.05) is 29.0 Å². The summed E-state index contributed by atoms with van der Waals surface area (Å²) < 4.78 is 11.1. The van der Waals surface area contributed by atoms with E-state index in [0.29, 0.717) is 31.0 Å². The lowest BCUT2D eigenvalue weighted by Crippen LogP contribution is -2.33. The molecule has 0 aliphatic heterocycles. The molecule has 0 bridgehead atoms. The predicted octanol–water partition coefficient (Wildman–Crippen LogP) is 3.81. The number of hydrogen-bond donors (Lipinski definition) is 0. The Balaban J connectivity index is 2.23. The molecule has 0 saturated heterocycles. The minimum atomic E-state index is -0.0472. The van der Waals surface area contributed by atoms with Gasteiger partial charge in [-0.3, -0.25) is 4.79 Å². The number of amides is 1. The fraction of sp³-hybridized carbons (Fsp3) is 0.312. The Kier molecular flexibility index (Phi) is 6.42. The van der Waals surface area contributed by atoms with Crippen LogP contribution in [0.3, 0.4) is 0 Å². The Morgan fingerprint density at radius 3 is 2.77 bits per heavy atom. The first-order valence-electron chi connectivity index (χ1n) is 6.78. The molecule has 0 saturated carbocycles. The molecule has 0 aliphatic carbocycles. The van der Waals surface area contributed by atoms with Gasteiger partial charge in [-0.05, 0) is 56.5 Å². The molecule has 4 nitrogen and oxygen atoms in total. The van der Waals surface area contributed by atoms with Crippen LogP contribution in [-0.4, -0.2) is 38.2 Å². The summed E-state index contributed by atoms with van der Waals surface area (Å²) in [4.78, 5) is 14.6. The quantitative estimate of drug-likeness (QED) is 0.729. The van der Waals surface area contributed by atoms with Gasteiger partial charge < -0.3 is 14.4 Å². The highest BCUT2D eigenvalue weighted by Crippen LogP contribution is 2.24. The van der Waals surface area contributed by atoms with E-state index in [4.69, 9.17) is 9.47 Å². The van der Waals surface area contributed by atoms with Gasteiger partial charge in [-0.1, -0.05) is 0 Å². The van der Waals surface area contributed by atoms with Crippen LogP contribution < -0.4 is 4.74 Å². The number of methoxy groups -OCH3 is 2. The Labute approximate surface area is 142 Å². The molecule has 118 valence electrons. The third-order valence-corrected chi connectivity index (χ3v) is 4.63. The molecule has 2 rings (SSSR count). The minimum Gasteiger partial charge on any atom is -0.497 e. The van der Waals surface area contributed by atoms with Gasteiger partial charge in [0.2, 0.25) is 0 Å². The summed E-state index contributed by atoms with van der Waals surface area (Å²) in [5, 5.41) is 4.06. The molecular formula is C16H18BrNO3S. The number of halogens is 1. The van der Waals surface area contributed by atoms with Gasteiger partial charge in [-0.25, -0.2) is 0 Å². The van der Waals surface area contributed by atoms with Gasteiger partial charge >= 0.3 is 0 Å². The molecule has 1 aromatic heterocycles. The fourth-order valence-electron chi connectivity index (χ4n) is 2.02. The lowest BCUT2D eigenvalue weighted by molar-refractivity contribution is 0.0679. The Morgan fingerprint density at radius 1 is 1.32 bits per heavy atom. The van der Waals surface area contributed by atoms with E-state index in [1.54, 1.807) is 36.5 Å². The summed E-state index contributed by atoms with van der Waals surface area (Å²) in [5.74, 6) is 0.614. The van der Waals surface area contributed by atoms with Crippen LogP contribution in [0.15, 0.2) is 39.5 Å². The van der Waals surface area contributed by atoms with Crippen molar-refractivity contribution in [2.75, 3.05) is 27.4 Å². The summed E-state index contributed by atoms with van der Waals surface area (Å²) in [6, 6.07) is 7.42. The Morgan fingerprint density at radius 2 is 2.14 bits per heavy atom. The van der Waals surface area contributed by atoms with Crippen LogP contribution >= 0.6 is 27.3 Å². The average Bonchev–Trinajstić information content (AvgIpc) is 3.04. The highest BCUT2D eigenvalue weighted by molar-refractivity contribution is 9.10. The van der Waals surface area contributed by atoms with E-state index < -0.39 is 0 Å². The predicted molar refractivity (Wildman–Crippen MR) is 91.6 cm³/mol. The summed E-state index contributed by atoms with van der Waals surface area (Å²) in [7, 11) is 3.22. The van der Waals surface area contributed by atoms with Crippen molar-refractivity contribution in [1.29, 1.82) is 0 Å². The number of hydrogen-bond acceptors (Lipinski definition) is 4. The molecule has 0 radical (unpaired) electrons. The smallest absolute Gasteiger partial charge is 0.255 e. The summed E-state index contributed by atoms with van der Waals surface area (Å²) in [5.41, 5.74) is 1.71. The maximum absolute atomic E-state index is 12.9. The van der Waals surface area contributed by atoms with Crippen LogP contribution in [0.2, 0.25) is 0 Å². The number of rotatable bonds is 7. The zero-order chi connectivity index (χ0) is 15.9. The third kappa shape index (κ3) is 4.32. The van der Waals surface area contributed by atoms with Crippen molar-refractivity contribution in [2.24, 2.45) is 0 Å². The van der Waals surface area contributed by atoms with Crippen LogP contribution in [0.1, 0.15) is 15.9 Å². The molecule has 1 aromatic carbocycles. The van der Waals surface area contributed by atoms with Crippen LogP contribution in [0.25, 0.3) is 0 Å². The van der Waals surface area contributed by atoms with Crippen LogP contribution in [-0.2, 0) is 11.3 Å². The summed E-state index contributed by atoms with van der Waals surface area (Å²) >= 11 is 5.07. The third-order valence-electron chi connectivity index (χ3n) is 3.21. The monoisotopic (exact) mass is 383 g/mol. The van der Waals surface area contributed by atoms with Crippen molar-refractivity contribution >= 4 is 33.2 Å². The second-order valence-corrected chi connectivity index (χ2v) is 6.33. The molecule has 1 amide bonds. The van der Waals surface area contributed by atoms with Crippen molar-refractivity contribution in [3.63, 3.8) is 0 Å². The van der Waals surface area contributed by atoms with Gasteiger partial charge in [-0.2, -0.15) is 11.3 Å². The van der Waals surface area contributed by atoms with Gasteiger partial charge in [-0.15, -0.1) is 0 Å². The second-order valence-electron chi connectivity index (χ2n) is 4.70. The van der Waals surface area contributed by atoms with Crippen molar-refractivity contribution in [1.82, 2.24) is 4.90 Å². The maximum Gasteiger partial charge on any atom is 0.255 e. The van der Waals surface area contributed by atoms with Crippen molar-refractivity contribution in [3.8, 4) is 5.75 Å². The molecule has 0 spiro atoms. The van der Waals surface area contributed by atoms with E-state index in [2.05, 4.69) is 15.9 Å². The van der Waals surface area contributed by atoms with E-state index in [1.165, 1.54) is 0 Å². The topological polar surface area (TPSA) is 38.8 Å². The second kappa shape index (κ2) is 8.31. The molecule has 0 N–H and O–H groups in total. The largest absolute Gasteiger partial charge is 0.497 e. The van der Waals surface area contributed by atoms with Crippen molar-refractivity contribution < 1.29 is 14.3 Å². The van der Waals surface area contributed by atoms with Crippen molar-refractivity contribution in [2.45, 2.75) is 6.54 Å². The highest BCUT2D eigenvalue weighted by atomic mass is 79.9. The van der Waals surface area contributed by atoms with Gasteiger partial charge in [0.1, 0.15) is 5.75 Å². The van der Waals surface area contributed by atoms with Gasteiger partial charge in [0.25, 0.3) is 5.91 Å². The number of ether oxygens (including phenoxy) is 2. The average molecular weight is 384 g/mol. The number of carbonyl (C=O) groups excluding carboxylic acids is 1. The lowest BCUT2D eigenvalue weighted by atomic mass is 10.1. The zero-order valence-electron chi connectivity index (χ0n) is 12.5. The van der Waals surface area contributed by atoms with E-state index in [0.717, 1.165) is 10.0 Å². The first kappa shape index (κ1) is 17.0. The van der Waals surface area contributed by atoms with Crippen molar-refractivity contribution in [3.05, 3.63) is 50.6 Å². The molecular weight excluding hydrogens is 366 g/mol. The number of thiophene rings is 1.